The van der Waals surface area contributed by atoms with Gasteiger partial charge in [0.1, 0.15) is 5.57 Å². The zero-order chi connectivity index (χ0) is 16.4. The number of hydrazine groups is 1. The van der Waals surface area contributed by atoms with E-state index in [4.69, 9.17) is 11.6 Å². The average Bonchev–Trinajstić information content (AvgIpc) is 2.78. The number of halogens is 1. The van der Waals surface area contributed by atoms with E-state index < -0.39 is 0 Å². The standard InChI is InChI=1S/C17H14ClN3O2/c1-20-16(22)15(11-19-13-5-3-2-4-6-13)17(23)21(20)14-9-7-12(18)8-10-14/h2-11,19H,1H3. The van der Waals surface area contributed by atoms with Crippen LogP contribution < -0.4 is 10.3 Å². The van der Waals surface area contributed by atoms with Crippen molar-refractivity contribution in [3.05, 3.63) is 71.4 Å². The van der Waals surface area contributed by atoms with Gasteiger partial charge in [-0.3, -0.25) is 9.59 Å². The van der Waals surface area contributed by atoms with E-state index in [-0.39, 0.29) is 17.4 Å². The summed E-state index contributed by atoms with van der Waals surface area (Å²) in [6, 6.07) is 16.0. The van der Waals surface area contributed by atoms with Gasteiger partial charge < -0.3 is 5.32 Å². The lowest BCUT2D eigenvalue weighted by atomic mass is 10.2. The molecule has 2 aromatic carbocycles. The fraction of sp³-hybridized carbons (Fsp3) is 0.0588. The summed E-state index contributed by atoms with van der Waals surface area (Å²) < 4.78 is 0. The van der Waals surface area contributed by atoms with Crippen LogP contribution in [0.5, 0.6) is 0 Å². The Balaban J connectivity index is 1.87. The second kappa shape index (κ2) is 6.14. The summed E-state index contributed by atoms with van der Waals surface area (Å²) in [5.41, 5.74) is 1.46. The first-order chi connectivity index (χ1) is 11.1. The maximum atomic E-state index is 12.6. The number of carbonyl (C=O) groups is 2. The molecular formula is C17H14ClN3O2. The predicted molar refractivity (Wildman–Crippen MR) is 89.9 cm³/mol. The van der Waals surface area contributed by atoms with Crippen molar-refractivity contribution in [3.63, 3.8) is 0 Å². The van der Waals surface area contributed by atoms with Crippen LogP contribution in [-0.4, -0.2) is 23.9 Å². The zero-order valence-corrected chi connectivity index (χ0v) is 13.1. The van der Waals surface area contributed by atoms with Gasteiger partial charge in [-0.25, -0.2) is 10.0 Å². The van der Waals surface area contributed by atoms with Crippen molar-refractivity contribution in [2.24, 2.45) is 0 Å². The van der Waals surface area contributed by atoms with E-state index >= 15 is 0 Å². The Hall–Kier alpha value is -2.79. The van der Waals surface area contributed by atoms with E-state index in [2.05, 4.69) is 5.32 Å². The molecule has 0 unspecified atom stereocenters. The Morgan fingerprint density at radius 2 is 1.61 bits per heavy atom. The molecule has 0 bridgehead atoms. The molecule has 0 saturated carbocycles. The maximum Gasteiger partial charge on any atom is 0.284 e. The van der Waals surface area contributed by atoms with Gasteiger partial charge in [0.05, 0.1) is 5.69 Å². The van der Waals surface area contributed by atoms with Crippen molar-refractivity contribution in [1.82, 2.24) is 5.01 Å². The number of nitrogens with one attached hydrogen (secondary N) is 1. The zero-order valence-electron chi connectivity index (χ0n) is 12.4. The van der Waals surface area contributed by atoms with Crippen LogP contribution in [0.15, 0.2) is 66.4 Å². The topological polar surface area (TPSA) is 52.7 Å². The molecule has 0 radical (unpaired) electrons. The normalized spacial score (nSPS) is 16.3. The molecule has 2 amide bonds. The van der Waals surface area contributed by atoms with Crippen LogP contribution in [0.3, 0.4) is 0 Å². The van der Waals surface area contributed by atoms with Crippen LogP contribution in [0.2, 0.25) is 5.02 Å². The molecule has 0 atom stereocenters. The number of carbonyl (C=O) groups excluding carboxylic acids is 2. The molecule has 2 aromatic rings. The third kappa shape index (κ3) is 2.91. The largest absolute Gasteiger partial charge is 0.361 e. The molecule has 116 valence electrons. The van der Waals surface area contributed by atoms with Crippen LogP contribution in [0.25, 0.3) is 0 Å². The quantitative estimate of drug-likeness (QED) is 0.696. The second-order valence-corrected chi connectivity index (χ2v) is 5.43. The first-order valence-corrected chi connectivity index (χ1v) is 7.35. The fourth-order valence-electron chi connectivity index (χ4n) is 2.29. The highest BCUT2D eigenvalue weighted by molar-refractivity contribution is 6.31. The lowest BCUT2D eigenvalue weighted by Crippen LogP contribution is -2.37. The van der Waals surface area contributed by atoms with E-state index in [0.717, 1.165) is 5.69 Å². The molecule has 1 saturated heterocycles. The number of para-hydroxylation sites is 1. The van der Waals surface area contributed by atoms with Gasteiger partial charge in [-0.05, 0) is 36.4 Å². The minimum atomic E-state index is -0.386. The first-order valence-electron chi connectivity index (χ1n) is 6.97. The van der Waals surface area contributed by atoms with Gasteiger partial charge in [0, 0.05) is 24.0 Å². The summed E-state index contributed by atoms with van der Waals surface area (Å²) in [6.45, 7) is 0. The lowest BCUT2D eigenvalue weighted by Gasteiger charge is -2.23. The first kappa shape index (κ1) is 15.1. The second-order valence-electron chi connectivity index (χ2n) is 4.99. The van der Waals surface area contributed by atoms with Gasteiger partial charge in [0.2, 0.25) is 0 Å². The molecule has 6 heteroatoms. The van der Waals surface area contributed by atoms with Crippen LogP contribution in [0.1, 0.15) is 0 Å². The molecule has 0 aromatic heterocycles. The van der Waals surface area contributed by atoms with Crippen molar-refractivity contribution in [3.8, 4) is 0 Å². The molecule has 0 aliphatic carbocycles. The molecule has 1 N–H and O–H groups in total. The Morgan fingerprint density at radius 3 is 2.26 bits per heavy atom. The number of anilines is 2. The number of nitrogens with zero attached hydrogens (tertiary/aromatic N) is 2. The maximum absolute atomic E-state index is 12.6. The summed E-state index contributed by atoms with van der Waals surface area (Å²) in [5, 5.41) is 6.14. The summed E-state index contributed by atoms with van der Waals surface area (Å²) in [7, 11) is 1.55. The van der Waals surface area contributed by atoms with Crippen LogP contribution >= 0.6 is 11.6 Å². The van der Waals surface area contributed by atoms with Gasteiger partial charge in [-0.1, -0.05) is 29.8 Å². The summed E-state index contributed by atoms with van der Waals surface area (Å²) in [4.78, 5) is 24.9. The van der Waals surface area contributed by atoms with Crippen LogP contribution in [0.4, 0.5) is 11.4 Å². The highest BCUT2D eigenvalue weighted by Gasteiger charge is 2.39. The molecular weight excluding hydrogens is 314 g/mol. The van der Waals surface area contributed by atoms with Crippen molar-refractivity contribution in [1.29, 1.82) is 0 Å². The highest BCUT2D eigenvalue weighted by atomic mass is 35.5. The van der Waals surface area contributed by atoms with E-state index in [1.165, 1.54) is 16.2 Å². The third-order valence-corrected chi connectivity index (χ3v) is 3.73. The van der Waals surface area contributed by atoms with E-state index in [9.17, 15) is 9.59 Å². The molecule has 23 heavy (non-hydrogen) atoms. The molecule has 1 fully saturated rings. The summed E-state index contributed by atoms with van der Waals surface area (Å²) >= 11 is 5.86. The minimum absolute atomic E-state index is 0.0753. The lowest BCUT2D eigenvalue weighted by molar-refractivity contribution is -0.124. The number of rotatable bonds is 3. The van der Waals surface area contributed by atoms with Crippen molar-refractivity contribution in [2.75, 3.05) is 17.4 Å². The van der Waals surface area contributed by atoms with Gasteiger partial charge in [-0.15, -0.1) is 0 Å². The predicted octanol–water partition coefficient (Wildman–Crippen LogP) is 3.06. The number of hydrogen-bond acceptors (Lipinski definition) is 3. The van der Waals surface area contributed by atoms with Gasteiger partial charge in [0.15, 0.2) is 0 Å². The third-order valence-electron chi connectivity index (χ3n) is 3.48. The van der Waals surface area contributed by atoms with Crippen molar-refractivity contribution in [2.45, 2.75) is 0 Å². The number of hydrogen-bond donors (Lipinski definition) is 1. The van der Waals surface area contributed by atoms with Crippen LogP contribution in [-0.2, 0) is 9.59 Å². The van der Waals surface area contributed by atoms with Crippen molar-refractivity contribution < 1.29 is 9.59 Å². The SMILES string of the molecule is CN1C(=O)C(=CNc2ccccc2)C(=O)N1c1ccc(Cl)cc1. The molecule has 0 spiro atoms. The molecule has 1 aliphatic rings. The van der Waals surface area contributed by atoms with Gasteiger partial charge in [-0.2, -0.15) is 0 Å². The Morgan fingerprint density at radius 1 is 0.957 bits per heavy atom. The van der Waals surface area contributed by atoms with E-state index in [0.29, 0.717) is 10.7 Å². The molecule has 1 heterocycles. The monoisotopic (exact) mass is 327 g/mol. The number of benzene rings is 2. The Bertz CT molecular complexity index is 772. The number of likely N-dealkylation sites (N-methyl/N-ethyl adjacent to an activating group) is 1. The molecule has 1 aliphatic heterocycles. The van der Waals surface area contributed by atoms with E-state index in [1.807, 2.05) is 30.3 Å². The number of amides is 2. The van der Waals surface area contributed by atoms with Gasteiger partial charge >= 0.3 is 0 Å². The highest BCUT2D eigenvalue weighted by Crippen LogP contribution is 2.26. The Labute approximate surface area is 138 Å². The molecule has 5 nitrogen and oxygen atoms in total. The smallest absolute Gasteiger partial charge is 0.284 e. The summed E-state index contributed by atoms with van der Waals surface area (Å²) in [6.07, 6.45) is 1.44. The van der Waals surface area contributed by atoms with Gasteiger partial charge in [0.25, 0.3) is 11.8 Å². The fourth-order valence-corrected chi connectivity index (χ4v) is 2.42. The Kier molecular flexibility index (Phi) is 4.04. The van der Waals surface area contributed by atoms with Crippen LogP contribution in [0, 0.1) is 0 Å². The minimum Gasteiger partial charge on any atom is -0.361 e. The average molecular weight is 328 g/mol. The summed E-state index contributed by atoms with van der Waals surface area (Å²) in [5.74, 6) is -0.753. The van der Waals surface area contributed by atoms with E-state index in [1.54, 1.807) is 31.3 Å². The molecule has 3 rings (SSSR count). The van der Waals surface area contributed by atoms with Crippen molar-refractivity contribution >= 4 is 34.8 Å².